The largest absolute Gasteiger partial charge is 0.426 e. The lowest BCUT2D eigenvalue weighted by atomic mass is 10.1. The quantitative estimate of drug-likeness (QED) is 0.558. The lowest BCUT2D eigenvalue weighted by Gasteiger charge is -2.10. The van der Waals surface area contributed by atoms with Crippen LogP contribution in [0.2, 0.25) is 0 Å². The molecule has 0 aliphatic heterocycles. The average Bonchev–Trinajstić information content (AvgIpc) is 2.18. The first-order valence-electron chi connectivity index (χ1n) is 5.42. The van der Waals surface area contributed by atoms with E-state index in [1.165, 1.54) is 0 Å². The molecule has 0 bridgehead atoms. The molecule has 0 aliphatic carbocycles. The fraction of sp³-hybridized carbons (Fsp3) is 0.462. The molecule has 0 heterocycles. The first kappa shape index (κ1) is 11.8. The maximum Gasteiger partial charge on any atom is 0.314 e. The highest BCUT2D eigenvalue weighted by molar-refractivity contribution is 5.74. The van der Waals surface area contributed by atoms with Gasteiger partial charge in [-0.3, -0.25) is 4.79 Å². The Morgan fingerprint density at radius 2 is 2.20 bits per heavy atom. The fourth-order valence-electron chi connectivity index (χ4n) is 1.45. The van der Waals surface area contributed by atoms with Crippen LogP contribution in [0, 0.1) is 12.8 Å². The summed E-state index contributed by atoms with van der Waals surface area (Å²) >= 11 is 0. The standard InChI is InChI=1S/C13H18O2/c1-4-6-11(3)13(14)15-12-8-5-7-10(2)9-12/h5,7-9,11H,4,6H2,1-3H3. The number of ether oxygens (including phenoxy) is 1. The van der Waals surface area contributed by atoms with E-state index in [9.17, 15) is 4.79 Å². The molecule has 15 heavy (non-hydrogen) atoms. The zero-order chi connectivity index (χ0) is 11.3. The number of hydrogen-bond donors (Lipinski definition) is 0. The zero-order valence-corrected chi connectivity index (χ0v) is 9.62. The number of esters is 1. The minimum atomic E-state index is -0.137. The van der Waals surface area contributed by atoms with Crippen molar-refractivity contribution < 1.29 is 9.53 Å². The normalized spacial score (nSPS) is 12.2. The van der Waals surface area contributed by atoms with Gasteiger partial charge in [0.25, 0.3) is 0 Å². The molecule has 0 saturated heterocycles. The molecule has 82 valence electrons. The predicted molar refractivity (Wildman–Crippen MR) is 60.9 cm³/mol. The van der Waals surface area contributed by atoms with E-state index >= 15 is 0 Å². The molecule has 0 spiro atoms. The summed E-state index contributed by atoms with van der Waals surface area (Å²) in [5.74, 6) is 0.487. The zero-order valence-electron chi connectivity index (χ0n) is 9.62. The Bertz CT molecular complexity index is 331. The van der Waals surface area contributed by atoms with Crippen molar-refractivity contribution in [3.63, 3.8) is 0 Å². The molecule has 0 saturated carbocycles. The molecule has 0 radical (unpaired) electrons. The molecule has 0 N–H and O–H groups in total. The topological polar surface area (TPSA) is 26.3 Å². The predicted octanol–water partition coefficient (Wildman–Crippen LogP) is 3.34. The van der Waals surface area contributed by atoms with Crippen molar-refractivity contribution in [1.82, 2.24) is 0 Å². The summed E-state index contributed by atoms with van der Waals surface area (Å²) in [6.45, 7) is 5.95. The number of hydrogen-bond acceptors (Lipinski definition) is 2. The van der Waals surface area contributed by atoms with E-state index in [-0.39, 0.29) is 11.9 Å². The van der Waals surface area contributed by atoms with E-state index in [0.717, 1.165) is 18.4 Å². The summed E-state index contributed by atoms with van der Waals surface area (Å²) in [7, 11) is 0. The van der Waals surface area contributed by atoms with Crippen molar-refractivity contribution >= 4 is 5.97 Å². The maximum absolute atomic E-state index is 11.6. The Hall–Kier alpha value is -1.31. The molecule has 0 fully saturated rings. The van der Waals surface area contributed by atoms with Gasteiger partial charge in [-0.05, 0) is 31.0 Å². The van der Waals surface area contributed by atoms with Crippen LogP contribution in [-0.4, -0.2) is 5.97 Å². The van der Waals surface area contributed by atoms with Gasteiger partial charge in [0, 0.05) is 0 Å². The van der Waals surface area contributed by atoms with Crippen LogP contribution >= 0.6 is 0 Å². The molecule has 1 atom stereocenters. The smallest absolute Gasteiger partial charge is 0.314 e. The van der Waals surface area contributed by atoms with Gasteiger partial charge in [-0.2, -0.15) is 0 Å². The van der Waals surface area contributed by atoms with Crippen LogP contribution in [0.25, 0.3) is 0 Å². The first-order chi connectivity index (χ1) is 7.13. The van der Waals surface area contributed by atoms with E-state index in [1.807, 2.05) is 38.1 Å². The van der Waals surface area contributed by atoms with Crippen molar-refractivity contribution in [3.05, 3.63) is 29.8 Å². The minimum absolute atomic E-state index is 0.0180. The van der Waals surface area contributed by atoms with Crippen molar-refractivity contribution in [1.29, 1.82) is 0 Å². The Kier molecular flexibility index (Phi) is 4.35. The lowest BCUT2D eigenvalue weighted by Crippen LogP contribution is -2.17. The second-order valence-corrected chi connectivity index (χ2v) is 3.93. The first-order valence-corrected chi connectivity index (χ1v) is 5.42. The van der Waals surface area contributed by atoms with Crippen LogP contribution in [-0.2, 0) is 4.79 Å². The Morgan fingerprint density at radius 1 is 1.47 bits per heavy atom. The van der Waals surface area contributed by atoms with Crippen LogP contribution in [0.4, 0.5) is 0 Å². The van der Waals surface area contributed by atoms with Gasteiger partial charge < -0.3 is 4.74 Å². The van der Waals surface area contributed by atoms with Crippen molar-refractivity contribution in [2.24, 2.45) is 5.92 Å². The van der Waals surface area contributed by atoms with Gasteiger partial charge in [-0.1, -0.05) is 32.4 Å². The summed E-state index contributed by atoms with van der Waals surface area (Å²) in [6.07, 6.45) is 1.88. The molecule has 2 nitrogen and oxygen atoms in total. The van der Waals surface area contributed by atoms with E-state index in [0.29, 0.717) is 5.75 Å². The molecule has 0 amide bonds. The third kappa shape index (κ3) is 3.74. The van der Waals surface area contributed by atoms with Crippen LogP contribution < -0.4 is 4.74 Å². The summed E-state index contributed by atoms with van der Waals surface area (Å²) in [5.41, 5.74) is 1.10. The van der Waals surface area contributed by atoms with Gasteiger partial charge in [0.1, 0.15) is 5.75 Å². The minimum Gasteiger partial charge on any atom is -0.426 e. The van der Waals surface area contributed by atoms with Crippen molar-refractivity contribution in [2.75, 3.05) is 0 Å². The number of rotatable bonds is 4. The van der Waals surface area contributed by atoms with Gasteiger partial charge in [-0.25, -0.2) is 0 Å². The van der Waals surface area contributed by atoms with Gasteiger partial charge in [0.2, 0.25) is 0 Å². The van der Waals surface area contributed by atoms with E-state index < -0.39 is 0 Å². The van der Waals surface area contributed by atoms with E-state index in [4.69, 9.17) is 4.74 Å². The van der Waals surface area contributed by atoms with Gasteiger partial charge >= 0.3 is 5.97 Å². The second kappa shape index (κ2) is 5.54. The summed E-state index contributed by atoms with van der Waals surface area (Å²) < 4.78 is 5.27. The highest BCUT2D eigenvalue weighted by atomic mass is 16.5. The average molecular weight is 206 g/mol. The highest BCUT2D eigenvalue weighted by Crippen LogP contribution is 2.15. The third-order valence-electron chi connectivity index (χ3n) is 2.33. The van der Waals surface area contributed by atoms with Crippen LogP contribution in [0.5, 0.6) is 5.75 Å². The molecule has 0 aromatic heterocycles. The second-order valence-electron chi connectivity index (χ2n) is 3.93. The SMILES string of the molecule is CCCC(C)C(=O)Oc1cccc(C)c1. The number of aryl methyl sites for hydroxylation is 1. The molecule has 1 aromatic rings. The van der Waals surface area contributed by atoms with Gasteiger partial charge in [-0.15, -0.1) is 0 Å². The number of benzene rings is 1. The number of carbonyl (C=O) groups is 1. The Morgan fingerprint density at radius 3 is 2.80 bits per heavy atom. The lowest BCUT2D eigenvalue weighted by molar-refractivity contribution is -0.138. The molecule has 0 aliphatic rings. The molecule has 1 rings (SSSR count). The Balaban J connectivity index is 2.58. The van der Waals surface area contributed by atoms with E-state index in [2.05, 4.69) is 6.92 Å². The number of carbonyl (C=O) groups excluding carboxylic acids is 1. The van der Waals surface area contributed by atoms with E-state index in [1.54, 1.807) is 0 Å². The van der Waals surface area contributed by atoms with Gasteiger partial charge in [0.15, 0.2) is 0 Å². The summed E-state index contributed by atoms with van der Waals surface area (Å²) in [5, 5.41) is 0. The van der Waals surface area contributed by atoms with Crippen LogP contribution in [0.1, 0.15) is 32.3 Å². The maximum atomic E-state index is 11.6. The summed E-state index contributed by atoms with van der Waals surface area (Å²) in [4.78, 5) is 11.6. The summed E-state index contributed by atoms with van der Waals surface area (Å²) in [6, 6.07) is 7.55. The third-order valence-corrected chi connectivity index (χ3v) is 2.33. The van der Waals surface area contributed by atoms with Crippen molar-refractivity contribution in [2.45, 2.75) is 33.6 Å². The Labute approximate surface area is 91.3 Å². The monoisotopic (exact) mass is 206 g/mol. The molecular formula is C13H18O2. The van der Waals surface area contributed by atoms with Gasteiger partial charge in [0.05, 0.1) is 5.92 Å². The van der Waals surface area contributed by atoms with Crippen molar-refractivity contribution in [3.8, 4) is 5.75 Å². The van der Waals surface area contributed by atoms with Crippen LogP contribution in [0.15, 0.2) is 24.3 Å². The molecule has 1 unspecified atom stereocenters. The van der Waals surface area contributed by atoms with Crippen LogP contribution in [0.3, 0.4) is 0 Å². The fourth-order valence-corrected chi connectivity index (χ4v) is 1.45. The molecule has 2 heteroatoms. The molecule has 1 aromatic carbocycles. The molecular weight excluding hydrogens is 188 g/mol. The highest BCUT2D eigenvalue weighted by Gasteiger charge is 2.13.